The number of halogens is 1. The van der Waals surface area contributed by atoms with Crippen molar-refractivity contribution in [2.75, 3.05) is 0 Å². The van der Waals surface area contributed by atoms with Crippen LogP contribution in [0.3, 0.4) is 0 Å². The summed E-state index contributed by atoms with van der Waals surface area (Å²) in [5, 5.41) is 10.9. The van der Waals surface area contributed by atoms with Crippen molar-refractivity contribution in [2.45, 2.75) is 6.54 Å². The summed E-state index contributed by atoms with van der Waals surface area (Å²) in [5.41, 5.74) is 1.09. The highest BCUT2D eigenvalue weighted by Gasteiger charge is 2.35. The molecule has 0 bridgehead atoms. The van der Waals surface area contributed by atoms with Gasteiger partial charge in [0.15, 0.2) is 0 Å². The number of thioether (sulfide) groups is 1. The van der Waals surface area contributed by atoms with Crippen molar-refractivity contribution in [3.05, 3.63) is 91.5 Å². The Balaban J connectivity index is 1.57. The van der Waals surface area contributed by atoms with Crippen LogP contribution >= 0.6 is 27.7 Å². The highest BCUT2D eigenvalue weighted by Crippen LogP contribution is 2.35. The molecule has 1 aliphatic heterocycles. The largest absolute Gasteiger partial charge is 0.456 e. The van der Waals surface area contributed by atoms with Gasteiger partial charge in [-0.2, -0.15) is 0 Å². The summed E-state index contributed by atoms with van der Waals surface area (Å²) < 4.78 is 6.55. The number of benzene rings is 2. The Morgan fingerprint density at radius 1 is 1.10 bits per heavy atom. The van der Waals surface area contributed by atoms with Crippen molar-refractivity contribution in [1.82, 2.24) is 4.90 Å². The van der Waals surface area contributed by atoms with Crippen LogP contribution in [-0.2, 0) is 11.3 Å². The minimum absolute atomic E-state index is 0.0762. The van der Waals surface area contributed by atoms with Crippen molar-refractivity contribution in [2.24, 2.45) is 0 Å². The molecule has 30 heavy (non-hydrogen) atoms. The van der Waals surface area contributed by atoms with Crippen LogP contribution in [0.4, 0.5) is 10.5 Å². The van der Waals surface area contributed by atoms with Gasteiger partial charge in [-0.15, -0.1) is 0 Å². The summed E-state index contributed by atoms with van der Waals surface area (Å²) in [5.74, 6) is 0.228. The van der Waals surface area contributed by atoms with Crippen LogP contribution < -0.4 is 0 Å². The fraction of sp³-hybridized carbons (Fsp3) is 0.0476. The summed E-state index contributed by atoms with van der Waals surface area (Å²) in [6, 6.07) is 16.8. The third-order valence-electron chi connectivity index (χ3n) is 4.37. The average molecular weight is 485 g/mol. The molecular weight excluding hydrogens is 472 g/mol. The van der Waals surface area contributed by atoms with Crippen LogP contribution in [0.1, 0.15) is 11.3 Å². The minimum Gasteiger partial charge on any atom is -0.456 e. The fourth-order valence-corrected chi connectivity index (χ4v) is 4.26. The molecule has 1 aliphatic rings. The number of nitro benzene ring substituents is 1. The molecule has 0 radical (unpaired) electrons. The average Bonchev–Trinajstić information content (AvgIpc) is 3.28. The lowest BCUT2D eigenvalue weighted by Gasteiger charge is -2.12. The Kier molecular flexibility index (Phi) is 5.56. The van der Waals surface area contributed by atoms with Crippen molar-refractivity contribution in [3.8, 4) is 11.3 Å². The van der Waals surface area contributed by atoms with Crippen LogP contribution in [-0.4, -0.2) is 21.0 Å². The fourth-order valence-electron chi connectivity index (χ4n) is 3.00. The Labute approximate surface area is 183 Å². The number of nitro groups is 1. The maximum atomic E-state index is 12.7. The lowest BCUT2D eigenvalue weighted by Crippen LogP contribution is -2.27. The van der Waals surface area contributed by atoms with Gasteiger partial charge in [-0.25, -0.2) is 0 Å². The van der Waals surface area contributed by atoms with E-state index in [1.807, 2.05) is 24.3 Å². The van der Waals surface area contributed by atoms with Crippen molar-refractivity contribution in [1.29, 1.82) is 0 Å². The molecule has 0 spiro atoms. The number of nitrogens with zero attached hydrogens (tertiary/aromatic N) is 2. The molecule has 0 saturated carbocycles. The molecule has 7 nitrogen and oxygen atoms in total. The monoisotopic (exact) mass is 484 g/mol. The van der Waals surface area contributed by atoms with E-state index in [1.165, 1.54) is 17.0 Å². The van der Waals surface area contributed by atoms with Gasteiger partial charge in [-0.05, 0) is 47.7 Å². The SMILES string of the molecule is O=C1S/C(=C/c2ccc(-c3ccccc3[N+](=O)[O-])o2)C(=O)N1Cc1cccc(Br)c1. The first kappa shape index (κ1) is 20.1. The number of hydrogen-bond donors (Lipinski definition) is 0. The first-order valence-electron chi connectivity index (χ1n) is 8.76. The zero-order valence-electron chi connectivity index (χ0n) is 15.3. The van der Waals surface area contributed by atoms with E-state index in [9.17, 15) is 19.7 Å². The normalized spacial score (nSPS) is 15.2. The zero-order valence-corrected chi connectivity index (χ0v) is 17.7. The maximum Gasteiger partial charge on any atom is 0.293 e. The number of para-hydroxylation sites is 1. The summed E-state index contributed by atoms with van der Waals surface area (Å²) in [6.07, 6.45) is 1.48. The quantitative estimate of drug-likeness (QED) is 0.256. The van der Waals surface area contributed by atoms with Crippen LogP contribution in [0.15, 0.2) is 74.5 Å². The van der Waals surface area contributed by atoms with E-state index in [0.29, 0.717) is 17.1 Å². The molecule has 2 heterocycles. The summed E-state index contributed by atoms with van der Waals surface area (Å²) in [6.45, 7) is 0.168. The van der Waals surface area contributed by atoms with Gasteiger partial charge in [0.05, 0.1) is 21.9 Å². The highest BCUT2D eigenvalue weighted by molar-refractivity contribution is 9.10. The summed E-state index contributed by atoms with van der Waals surface area (Å²) in [7, 11) is 0. The standard InChI is InChI=1S/C21H13BrN2O5S/c22-14-5-3-4-13(10-14)12-23-20(25)19(30-21(23)26)11-15-8-9-18(29-15)16-6-1-2-7-17(16)24(27)28/h1-11H,12H2/b19-11+. The van der Waals surface area contributed by atoms with Gasteiger partial charge < -0.3 is 4.42 Å². The van der Waals surface area contributed by atoms with Crippen molar-refractivity contribution >= 4 is 50.6 Å². The zero-order chi connectivity index (χ0) is 21.3. The van der Waals surface area contributed by atoms with Crippen LogP contribution in [0.5, 0.6) is 0 Å². The number of rotatable bonds is 5. The smallest absolute Gasteiger partial charge is 0.293 e. The number of hydrogen-bond acceptors (Lipinski definition) is 6. The van der Waals surface area contributed by atoms with Crippen molar-refractivity contribution in [3.63, 3.8) is 0 Å². The van der Waals surface area contributed by atoms with Gasteiger partial charge in [-0.1, -0.05) is 40.2 Å². The molecule has 0 aliphatic carbocycles. The van der Waals surface area contributed by atoms with Gasteiger partial charge in [0.25, 0.3) is 16.8 Å². The van der Waals surface area contributed by atoms with Crippen LogP contribution in [0.2, 0.25) is 0 Å². The van der Waals surface area contributed by atoms with Crippen LogP contribution in [0.25, 0.3) is 17.4 Å². The second-order valence-corrected chi connectivity index (χ2v) is 8.28. The van der Waals surface area contributed by atoms with Gasteiger partial charge in [0.1, 0.15) is 11.5 Å². The molecule has 1 fully saturated rings. The summed E-state index contributed by atoms with van der Waals surface area (Å²) in [4.78, 5) is 37.2. The molecular formula is C21H13BrN2O5S. The number of furan rings is 1. The third kappa shape index (κ3) is 4.07. The van der Waals surface area contributed by atoms with E-state index in [0.717, 1.165) is 21.8 Å². The topological polar surface area (TPSA) is 93.7 Å². The molecule has 2 aromatic carbocycles. The number of carbonyl (C=O) groups is 2. The van der Waals surface area contributed by atoms with Gasteiger partial charge in [-0.3, -0.25) is 24.6 Å². The first-order valence-corrected chi connectivity index (χ1v) is 10.4. The minimum atomic E-state index is -0.481. The molecule has 4 rings (SSSR count). The third-order valence-corrected chi connectivity index (χ3v) is 5.77. The van der Waals surface area contributed by atoms with E-state index in [1.54, 1.807) is 30.3 Å². The number of imide groups is 1. The van der Waals surface area contributed by atoms with E-state index < -0.39 is 10.8 Å². The number of amides is 2. The van der Waals surface area contributed by atoms with Gasteiger partial charge in [0, 0.05) is 16.6 Å². The van der Waals surface area contributed by atoms with E-state index in [4.69, 9.17) is 4.42 Å². The molecule has 3 aromatic rings. The van der Waals surface area contributed by atoms with E-state index in [-0.39, 0.29) is 22.4 Å². The lowest BCUT2D eigenvalue weighted by molar-refractivity contribution is -0.384. The Morgan fingerprint density at radius 3 is 2.67 bits per heavy atom. The predicted octanol–water partition coefficient (Wildman–Crippen LogP) is 5.85. The van der Waals surface area contributed by atoms with Gasteiger partial charge >= 0.3 is 0 Å². The molecule has 0 atom stereocenters. The molecule has 1 saturated heterocycles. The molecule has 2 amide bonds. The van der Waals surface area contributed by atoms with Crippen LogP contribution in [0, 0.1) is 10.1 Å². The van der Waals surface area contributed by atoms with E-state index >= 15 is 0 Å². The Hall–Kier alpha value is -3.17. The van der Waals surface area contributed by atoms with E-state index in [2.05, 4.69) is 15.9 Å². The number of carbonyl (C=O) groups excluding carboxylic acids is 2. The molecule has 0 N–H and O–H groups in total. The highest BCUT2D eigenvalue weighted by atomic mass is 79.9. The Bertz CT molecular complexity index is 1200. The predicted molar refractivity (Wildman–Crippen MR) is 116 cm³/mol. The molecule has 0 unspecified atom stereocenters. The molecule has 9 heteroatoms. The molecule has 1 aromatic heterocycles. The van der Waals surface area contributed by atoms with Crippen molar-refractivity contribution < 1.29 is 18.9 Å². The second-order valence-electron chi connectivity index (χ2n) is 6.37. The lowest BCUT2D eigenvalue weighted by atomic mass is 10.1. The summed E-state index contributed by atoms with van der Waals surface area (Å²) >= 11 is 4.21. The van der Waals surface area contributed by atoms with Gasteiger partial charge in [0.2, 0.25) is 0 Å². The Morgan fingerprint density at radius 2 is 1.90 bits per heavy atom. The first-order chi connectivity index (χ1) is 14.4. The molecule has 150 valence electrons. The second kappa shape index (κ2) is 8.29. The maximum absolute atomic E-state index is 12.7.